The lowest BCUT2D eigenvalue weighted by Crippen LogP contribution is -2.38. The monoisotopic (exact) mass is 434 g/mol. The van der Waals surface area contributed by atoms with Gasteiger partial charge < -0.3 is 15.2 Å². The van der Waals surface area contributed by atoms with Crippen LogP contribution < -0.4 is 10.6 Å². The summed E-state index contributed by atoms with van der Waals surface area (Å²) in [5, 5.41) is 15.4. The minimum atomic E-state index is 0. The fourth-order valence-corrected chi connectivity index (χ4v) is 2.75. The Kier molecular flexibility index (Phi) is 10.2. The van der Waals surface area contributed by atoms with Crippen LogP contribution in [0, 0.1) is 0 Å². The Morgan fingerprint density at radius 2 is 2.04 bits per heavy atom. The molecule has 0 atom stereocenters. The van der Waals surface area contributed by atoms with Crippen molar-refractivity contribution in [2.24, 2.45) is 4.99 Å². The number of fused-ring (bicyclic) bond motifs is 1. The number of nitrogens with zero attached hydrogens (tertiary/aromatic N) is 4. The van der Waals surface area contributed by atoms with Crippen molar-refractivity contribution in [3.8, 4) is 0 Å². The van der Waals surface area contributed by atoms with E-state index in [-0.39, 0.29) is 24.0 Å². The van der Waals surface area contributed by atoms with Gasteiger partial charge in [0, 0.05) is 39.0 Å². The molecule has 0 radical (unpaired) electrons. The molecule has 1 aromatic heterocycles. The molecule has 0 spiro atoms. The highest BCUT2D eigenvalue weighted by molar-refractivity contribution is 14.0. The van der Waals surface area contributed by atoms with Crippen molar-refractivity contribution in [1.82, 2.24) is 25.4 Å². The first-order chi connectivity index (χ1) is 10.8. The zero-order valence-electron chi connectivity index (χ0n) is 14.5. The van der Waals surface area contributed by atoms with Crippen LogP contribution in [0.2, 0.25) is 0 Å². The summed E-state index contributed by atoms with van der Waals surface area (Å²) < 4.78 is 2.34. The van der Waals surface area contributed by atoms with Crippen LogP contribution in [0.25, 0.3) is 0 Å². The van der Waals surface area contributed by atoms with Crippen LogP contribution >= 0.6 is 24.0 Å². The molecule has 0 amide bonds. The smallest absolute Gasteiger partial charge is 0.191 e. The molecular formula is C16H31IN6. The molecule has 1 aromatic rings. The number of guanidine groups is 1. The first kappa shape index (κ1) is 20.2. The van der Waals surface area contributed by atoms with Crippen LogP contribution in [-0.2, 0) is 19.4 Å². The van der Waals surface area contributed by atoms with Crippen LogP contribution in [0.1, 0.15) is 57.6 Å². The van der Waals surface area contributed by atoms with E-state index in [1.54, 1.807) is 0 Å². The molecule has 2 N–H and O–H groups in total. The molecule has 0 aliphatic carbocycles. The SMILES string of the molecule is CCCN=C(NCC)NCCCc1nnc2n1CCCCC2.I. The van der Waals surface area contributed by atoms with E-state index >= 15 is 0 Å². The van der Waals surface area contributed by atoms with E-state index in [2.05, 4.69) is 44.2 Å². The summed E-state index contributed by atoms with van der Waals surface area (Å²) in [5.74, 6) is 3.25. The summed E-state index contributed by atoms with van der Waals surface area (Å²) in [7, 11) is 0. The largest absolute Gasteiger partial charge is 0.357 e. The Morgan fingerprint density at radius 1 is 1.17 bits per heavy atom. The molecule has 7 heteroatoms. The summed E-state index contributed by atoms with van der Waals surface area (Å²) in [6.45, 7) is 8.00. The molecule has 1 aliphatic heterocycles. The summed E-state index contributed by atoms with van der Waals surface area (Å²) in [4.78, 5) is 4.51. The highest BCUT2D eigenvalue weighted by Gasteiger charge is 2.13. The molecule has 0 saturated carbocycles. The van der Waals surface area contributed by atoms with Gasteiger partial charge in [0.2, 0.25) is 0 Å². The molecule has 0 fully saturated rings. The van der Waals surface area contributed by atoms with Gasteiger partial charge in [-0.25, -0.2) is 0 Å². The Morgan fingerprint density at radius 3 is 2.83 bits per heavy atom. The van der Waals surface area contributed by atoms with Gasteiger partial charge in [0.05, 0.1) is 0 Å². The quantitative estimate of drug-likeness (QED) is 0.300. The second-order valence-corrected chi connectivity index (χ2v) is 5.79. The van der Waals surface area contributed by atoms with Gasteiger partial charge in [0.15, 0.2) is 5.96 Å². The van der Waals surface area contributed by atoms with E-state index in [1.807, 2.05) is 0 Å². The highest BCUT2D eigenvalue weighted by atomic mass is 127. The minimum Gasteiger partial charge on any atom is -0.357 e. The van der Waals surface area contributed by atoms with E-state index in [1.165, 1.54) is 25.1 Å². The zero-order chi connectivity index (χ0) is 15.6. The van der Waals surface area contributed by atoms with Crippen LogP contribution in [0.15, 0.2) is 4.99 Å². The second kappa shape index (κ2) is 11.6. The first-order valence-corrected chi connectivity index (χ1v) is 8.78. The molecule has 0 aromatic carbocycles. The molecule has 6 nitrogen and oxygen atoms in total. The number of aryl methyl sites for hydroxylation is 2. The highest BCUT2D eigenvalue weighted by Crippen LogP contribution is 2.15. The third-order valence-electron chi connectivity index (χ3n) is 3.89. The van der Waals surface area contributed by atoms with Gasteiger partial charge in [0.1, 0.15) is 11.6 Å². The maximum Gasteiger partial charge on any atom is 0.191 e. The molecule has 1 aliphatic rings. The molecule has 0 bridgehead atoms. The van der Waals surface area contributed by atoms with Crippen LogP contribution in [0.5, 0.6) is 0 Å². The number of hydrogen-bond acceptors (Lipinski definition) is 3. The van der Waals surface area contributed by atoms with Gasteiger partial charge >= 0.3 is 0 Å². The average molecular weight is 434 g/mol. The third kappa shape index (κ3) is 6.64. The molecule has 2 heterocycles. The fraction of sp³-hybridized carbons (Fsp3) is 0.812. The van der Waals surface area contributed by atoms with E-state index in [4.69, 9.17) is 0 Å². The van der Waals surface area contributed by atoms with Crippen molar-refractivity contribution in [3.05, 3.63) is 11.6 Å². The Bertz CT molecular complexity index is 471. The lowest BCUT2D eigenvalue weighted by atomic mass is 10.2. The Labute approximate surface area is 157 Å². The first-order valence-electron chi connectivity index (χ1n) is 8.78. The molecule has 23 heavy (non-hydrogen) atoms. The predicted octanol–water partition coefficient (Wildman–Crippen LogP) is 2.52. The molecule has 2 rings (SSSR count). The molecular weight excluding hydrogens is 403 g/mol. The van der Waals surface area contributed by atoms with Crippen LogP contribution in [-0.4, -0.2) is 40.4 Å². The number of aromatic nitrogens is 3. The van der Waals surface area contributed by atoms with Crippen LogP contribution in [0.4, 0.5) is 0 Å². The summed E-state index contributed by atoms with van der Waals surface area (Å²) in [5.41, 5.74) is 0. The normalized spacial score (nSPS) is 14.6. The molecule has 0 unspecified atom stereocenters. The topological polar surface area (TPSA) is 67.1 Å². The predicted molar refractivity (Wildman–Crippen MR) is 106 cm³/mol. The lowest BCUT2D eigenvalue weighted by Gasteiger charge is -2.11. The molecule has 0 saturated heterocycles. The van der Waals surface area contributed by atoms with Crippen molar-refractivity contribution in [2.45, 2.75) is 65.3 Å². The van der Waals surface area contributed by atoms with E-state index in [0.717, 1.165) is 63.6 Å². The number of halogens is 1. The standard InChI is InChI=1S/C16H30N6.HI/c1-3-11-18-16(17-4-2)19-12-8-10-15-21-20-14-9-6-5-7-13-22(14)15;/h3-13H2,1-2H3,(H2,17,18,19);1H. The Hall–Kier alpha value is -0.860. The summed E-state index contributed by atoms with van der Waals surface area (Å²) in [6, 6.07) is 0. The number of nitrogens with one attached hydrogen (secondary N) is 2. The van der Waals surface area contributed by atoms with Gasteiger partial charge in [-0.15, -0.1) is 34.2 Å². The maximum atomic E-state index is 4.51. The molecule has 132 valence electrons. The van der Waals surface area contributed by atoms with Crippen molar-refractivity contribution in [2.75, 3.05) is 19.6 Å². The Balaban J connectivity index is 0.00000264. The van der Waals surface area contributed by atoms with E-state index in [0.29, 0.717) is 0 Å². The summed E-state index contributed by atoms with van der Waals surface area (Å²) in [6.07, 6.45) is 8.00. The fourth-order valence-electron chi connectivity index (χ4n) is 2.75. The summed E-state index contributed by atoms with van der Waals surface area (Å²) >= 11 is 0. The van der Waals surface area contributed by atoms with Crippen LogP contribution in [0.3, 0.4) is 0 Å². The maximum absolute atomic E-state index is 4.51. The van der Waals surface area contributed by atoms with Crippen molar-refractivity contribution in [1.29, 1.82) is 0 Å². The van der Waals surface area contributed by atoms with Crippen molar-refractivity contribution in [3.63, 3.8) is 0 Å². The van der Waals surface area contributed by atoms with E-state index < -0.39 is 0 Å². The van der Waals surface area contributed by atoms with Gasteiger partial charge in [-0.2, -0.15) is 0 Å². The minimum absolute atomic E-state index is 0. The van der Waals surface area contributed by atoms with Crippen molar-refractivity contribution < 1.29 is 0 Å². The van der Waals surface area contributed by atoms with Crippen molar-refractivity contribution >= 4 is 29.9 Å². The van der Waals surface area contributed by atoms with E-state index in [9.17, 15) is 0 Å². The number of rotatable bonds is 7. The average Bonchev–Trinajstić information content (AvgIpc) is 2.76. The van der Waals surface area contributed by atoms with Gasteiger partial charge in [-0.3, -0.25) is 4.99 Å². The van der Waals surface area contributed by atoms with Gasteiger partial charge in [-0.05, 0) is 32.6 Å². The lowest BCUT2D eigenvalue weighted by molar-refractivity contribution is 0.594. The second-order valence-electron chi connectivity index (χ2n) is 5.79. The van der Waals surface area contributed by atoms with Gasteiger partial charge in [-0.1, -0.05) is 13.3 Å². The number of hydrogen-bond donors (Lipinski definition) is 2. The third-order valence-corrected chi connectivity index (χ3v) is 3.89. The number of aliphatic imine (C=N–C) groups is 1. The van der Waals surface area contributed by atoms with Gasteiger partial charge in [0.25, 0.3) is 0 Å². The zero-order valence-corrected chi connectivity index (χ0v) is 16.8.